The minimum atomic E-state index is -4.15. The summed E-state index contributed by atoms with van der Waals surface area (Å²) in [5, 5.41) is 5.61. The Hall–Kier alpha value is -0.640. The standard InChI is InChI=1S/C13H18F3N3S.HI/c1-17-12(18-8-7-13(14,15)16)19-9-10-3-5-11(20-2)6-4-10;/h3-6H,7-9H2,1-2H3,(H2,17,18,19);1H. The van der Waals surface area contributed by atoms with E-state index in [0.717, 1.165) is 5.56 Å². The lowest BCUT2D eigenvalue weighted by Gasteiger charge is -2.13. The number of hydrogen-bond donors (Lipinski definition) is 2. The van der Waals surface area contributed by atoms with Gasteiger partial charge in [-0.15, -0.1) is 35.7 Å². The summed E-state index contributed by atoms with van der Waals surface area (Å²) in [4.78, 5) is 5.05. The molecule has 0 aliphatic carbocycles. The van der Waals surface area contributed by atoms with E-state index < -0.39 is 12.6 Å². The minimum Gasteiger partial charge on any atom is -0.356 e. The molecule has 0 spiro atoms. The van der Waals surface area contributed by atoms with Gasteiger partial charge >= 0.3 is 6.18 Å². The van der Waals surface area contributed by atoms with Gasteiger partial charge in [-0.05, 0) is 24.0 Å². The summed E-state index contributed by atoms with van der Waals surface area (Å²) in [6, 6.07) is 7.95. The molecule has 0 saturated carbocycles. The molecule has 120 valence electrons. The predicted octanol–water partition coefficient (Wildman–Crippen LogP) is 3.64. The molecule has 0 unspecified atom stereocenters. The van der Waals surface area contributed by atoms with Gasteiger partial charge in [-0.2, -0.15) is 13.2 Å². The molecule has 1 aromatic rings. The van der Waals surface area contributed by atoms with Gasteiger partial charge in [-0.25, -0.2) is 0 Å². The van der Waals surface area contributed by atoms with E-state index >= 15 is 0 Å². The molecule has 8 heteroatoms. The first-order chi connectivity index (χ1) is 9.44. The maximum atomic E-state index is 12.0. The van der Waals surface area contributed by atoms with Crippen molar-refractivity contribution in [2.24, 2.45) is 4.99 Å². The molecule has 0 aliphatic rings. The van der Waals surface area contributed by atoms with Gasteiger partial charge in [0.25, 0.3) is 0 Å². The Balaban J connectivity index is 0.00000400. The fourth-order valence-corrected chi connectivity index (χ4v) is 1.88. The first kappa shape index (κ1) is 20.4. The molecule has 0 aliphatic heterocycles. The molecule has 0 atom stereocenters. The molecule has 0 amide bonds. The van der Waals surface area contributed by atoms with E-state index in [-0.39, 0.29) is 30.5 Å². The van der Waals surface area contributed by atoms with E-state index in [1.165, 1.54) is 11.9 Å². The van der Waals surface area contributed by atoms with Crippen LogP contribution in [0.1, 0.15) is 12.0 Å². The highest BCUT2D eigenvalue weighted by atomic mass is 127. The summed E-state index contributed by atoms with van der Waals surface area (Å²) in [6.45, 7) is 0.328. The number of nitrogens with one attached hydrogen (secondary N) is 2. The SMILES string of the molecule is CN=C(NCCC(F)(F)F)NCc1ccc(SC)cc1.I. The van der Waals surface area contributed by atoms with Gasteiger partial charge in [0.15, 0.2) is 5.96 Å². The summed E-state index contributed by atoms with van der Waals surface area (Å²) in [6.07, 6.45) is -3.03. The number of nitrogens with zero attached hydrogens (tertiary/aromatic N) is 1. The van der Waals surface area contributed by atoms with Crippen LogP contribution in [0.4, 0.5) is 13.2 Å². The third-order valence-corrected chi connectivity index (χ3v) is 3.29. The number of thioether (sulfide) groups is 1. The Bertz CT molecular complexity index is 435. The van der Waals surface area contributed by atoms with Crippen LogP contribution in [0.5, 0.6) is 0 Å². The van der Waals surface area contributed by atoms with Crippen molar-refractivity contribution in [1.82, 2.24) is 10.6 Å². The number of benzene rings is 1. The Kier molecular flexibility index (Phi) is 9.84. The minimum absolute atomic E-state index is 0. The lowest BCUT2D eigenvalue weighted by molar-refractivity contribution is -0.132. The van der Waals surface area contributed by atoms with Crippen molar-refractivity contribution in [2.45, 2.75) is 24.0 Å². The van der Waals surface area contributed by atoms with E-state index in [1.807, 2.05) is 30.5 Å². The maximum Gasteiger partial charge on any atom is 0.390 e. The molecular formula is C13H19F3IN3S. The Labute approximate surface area is 144 Å². The number of aliphatic imine (C=N–C) groups is 1. The van der Waals surface area contributed by atoms with Crippen LogP contribution in [0.2, 0.25) is 0 Å². The van der Waals surface area contributed by atoms with Crippen molar-refractivity contribution in [1.29, 1.82) is 0 Å². The van der Waals surface area contributed by atoms with Crippen LogP contribution in [-0.2, 0) is 6.54 Å². The number of hydrogen-bond acceptors (Lipinski definition) is 2. The molecular weight excluding hydrogens is 414 g/mol. The molecule has 1 rings (SSSR count). The number of alkyl halides is 3. The first-order valence-corrected chi connectivity index (χ1v) is 7.31. The van der Waals surface area contributed by atoms with E-state index in [0.29, 0.717) is 12.5 Å². The Morgan fingerprint density at radius 2 is 1.81 bits per heavy atom. The molecule has 1 aromatic carbocycles. The average molecular weight is 433 g/mol. The topological polar surface area (TPSA) is 36.4 Å². The summed E-state index contributed by atoms with van der Waals surface area (Å²) in [5.41, 5.74) is 1.04. The van der Waals surface area contributed by atoms with Crippen LogP contribution in [0.15, 0.2) is 34.2 Å². The molecule has 3 nitrogen and oxygen atoms in total. The van der Waals surface area contributed by atoms with Gasteiger partial charge in [-0.1, -0.05) is 12.1 Å². The summed E-state index contributed by atoms with van der Waals surface area (Å²) in [7, 11) is 1.53. The van der Waals surface area contributed by atoms with Crippen molar-refractivity contribution in [2.75, 3.05) is 19.8 Å². The third-order valence-electron chi connectivity index (χ3n) is 2.54. The molecule has 0 fully saturated rings. The quantitative estimate of drug-likeness (QED) is 0.322. The number of guanidine groups is 1. The second-order valence-corrected chi connectivity index (χ2v) is 4.95. The zero-order chi connectivity index (χ0) is 15.0. The monoisotopic (exact) mass is 433 g/mol. The van der Waals surface area contributed by atoms with Crippen LogP contribution in [0.3, 0.4) is 0 Å². The van der Waals surface area contributed by atoms with Crippen molar-refractivity contribution in [3.8, 4) is 0 Å². The normalized spacial score (nSPS) is 11.8. The second-order valence-electron chi connectivity index (χ2n) is 4.07. The molecule has 21 heavy (non-hydrogen) atoms. The fraction of sp³-hybridized carbons (Fsp3) is 0.462. The van der Waals surface area contributed by atoms with Gasteiger partial charge in [0, 0.05) is 25.0 Å². The molecule has 0 saturated heterocycles. The lowest BCUT2D eigenvalue weighted by Crippen LogP contribution is -2.38. The lowest BCUT2D eigenvalue weighted by atomic mass is 10.2. The highest BCUT2D eigenvalue weighted by molar-refractivity contribution is 14.0. The molecule has 0 bridgehead atoms. The molecule has 0 heterocycles. The molecule has 2 N–H and O–H groups in total. The van der Waals surface area contributed by atoms with Crippen LogP contribution in [0, 0.1) is 0 Å². The zero-order valence-electron chi connectivity index (χ0n) is 11.8. The van der Waals surface area contributed by atoms with Gasteiger partial charge in [0.2, 0.25) is 0 Å². The van der Waals surface area contributed by atoms with Crippen LogP contribution >= 0.6 is 35.7 Å². The third kappa shape index (κ3) is 9.07. The number of rotatable bonds is 5. The Morgan fingerprint density at radius 1 is 1.19 bits per heavy atom. The van der Waals surface area contributed by atoms with Crippen LogP contribution in [-0.4, -0.2) is 32.0 Å². The van der Waals surface area contributed by atoms with Gasteiger partial charge in [0.1, 0.15) is 0 Å². The van der Waals surface area contributed by atoms with Crippen molar-refractivity contribution >= 4 is 41.7 Å². The predicted molar refractivity (Wildman–Crippen MR) is 92.5 cm³/mol. The highest BCUT2D eigenvalue weighted by Crippen LogP contribution is 2.18. The second kappa shape index (κ2) is 10.1. The average Bonchev–Trinajstić information content (AvgIpc) is 2.42. The summed E-state index contributed by atoms with van der Waals surface area (Å²) < 4.78 is 36.1. The van der Waals surface area contributed by atoms with E-state index in [1.54, 1.807) is 11.8 Å². The smallest absolute Gasteiger partial charge is 0.356 e. The van der Waals surface area contributed by atoms with E-state index in [9.17, 15) is 13.2 Å². The van der Waals surface area contributed by atoms with Gasteiger partial charge in [0.05, 0.1) is 6.42 Å². The van der Waals surface area contributed by atoms with Gasteiger partial charge < -0.3 is 10.6 Å². The molecule has 0 aromatic heterocycles. The van der Waals surface area contributed by atoms with Crippen molar-refractivity contribution in [3.63, 3.8) is 0 Å². The van der Waals surface area contributed by atoms with Gasteiger partial charge in [-0.3, -0.25) is 4.99 Å². The first-order valence-electron chi connectivity index (χ1n) is 6.09. The summed E-state index contributed by atoms with van der Waals surface area (Å²) in [5.74, 6) is 0.364. The van der Waals surface area contributed by atoms with Crippen LogP contribution in [0.25, 0.3) is 0 Å². The summed E-state index contributed by atoms with van der Waals surface area (Å²) >= 11 is 1.66. The van der Waals surface area contributed by atoms with E-state index in [4.69, 9.17) is 0 Å². The fourth-order valence-electron chi connectivity index (χ4n) is 1.47. The van der Waals surface area contributed by atoms with Crippen molar-refractivity contribution in [3.05, 3.63) is 29.8 Å². The van der Waals surface area contributed by atoms with E-state index in [2.05, 4.69) is 15.6 Å². The van der Waals surface area contributed by atoms with Crippen LogP contribution < -0.4 is 10.6 Å². The molecule has 0 radical (unpaired) electrons. The van der Waals surface area contributed by atoms with Crippen molar-refractivity contribution < 1.29 is 13.2 Å². The largest absolute Gasteiger partial charge is 0.390 e. The Morgan fingerprint density at radius 3 is 2.29 bits per heavy atom. The maximum absolute atomic E-state index is 12.0. The zero-order valence-corrected chi connectivity index (χ0v) is 15.0. The number of halogens is 4. The highest BCUT2D eigenvalue weighted by Gasteiger charge is 2.26.